The van der Waals surface area contributed by atoms with E-state index in [0.717, 1.165) is 23.7 Å². The van der Waals surface area contributed by atoms with E-state index in [1.807, 2.05) is 38.1 Å². The molecule has 0 atom stereocenters. The molecule has 1 amide bonds. The summed E-state index contributed by atoms with van der Waals surface area (Å²) in [6.07, 6.45) is 2.58. The van der Waals surface area contributed by atoms with E-state index in [1.165, 1.54) is 5.56 Å². The van der Waals surface area contributed by atoms with Crippen LogP contribution in [0.3, 0.4) is 0 Å². The third kappa shape index (κ3) is 4.96. The highest BCUT2D eigenvalue weighted by Gasteiger charge is 2.13. The Bertz CT molecular complexity index is 639. The Morgan fingerprint density at radius 3 is 2.61 bits per heavy atom. The maximum atomic E-state index is 12.2. The number of anilines is 1. The van der Waals surface area contributed by atoms with Gasteiger partial charge in [0.2, 0.25) is 0 Å². The first-order chi connectivity index (χ1) is 11.1. The second-order valence-corrected chi connectivity index (χ2v) is 5.65. The molecular formula is C18H22ClN3O. The number of amides is 1. The monoisotopic (exact) mass is 331 g/mol. The molecule has 0 aliphatic carbocycles. The highest BCUT2D eigenvalue weighted by atomic mass is 35.5. The Hall–Kier alpha value is -2.07. The minimum atomic E-state index is -0.0273. The van der Waals surface area contributed by atoms with Gasteiger partial charge in [-0.05, 0) is 50.1 Å². The summed E-state index contributed by atoms with van der Waals surface area (Å²) in [5.41, 5.74) is 2.57. The van der Waals surface area contributed by atoms with Crippen LogP contribution in [-0.2, 0) is 6.42 Å². The first-order valence-corrected chi connectivity index (χ1v) is 8.25. The van der Waals surface area contributed by atoms with E-state index in [2.05, 4.69) is 16.4 Å². The van der Waals surface area contributed by atoms with Gasteiger partial charge in [0, 0.05) is 24.7 Å². The first kappa shape index (κ1) is 17.3. The number of hydrogen-bond acceptors (Lipinski definition) is 3. The molecule has 1 aromatic carbocycles. The van der Waals surface area contributed by atoms with Gasteiger partial charge in [-0.15, -0.1) is 0 Å². The Morgan fingerprint density at radius 1 is 1.22 bits per heavy atom. The molecule has 0 spiro atoms. The van der Waals surface area contributed by atoms with E-state index in [9.17, 15) is 4.79 Å². The molecule has 0 fully saturated rings. The van der Waals surface area contributed by atoms with Gasteiger partial charge in [0.25, 0.3) is 5.91 Å². The lowest BCUT2D eigenvalue weighted by molar-refractivity contribution is 0.0767. The van der Waals surface area contributed by atoms with E-state index in [0.29, 0.717) is 18.8 Å². The van der Waals surface area contributed by atoms with Gasteiger partial charge in [0.15, 0.2) is 0 Å². The third-order valence-electron chi connectivity index (χ3n) is 3.67. The van der Waals surface area contributed by atoms with Crippen LogP contribution in [0.4, 0.5) is 5.69 Å². The Kier molecular flexibility index (Phi) is 6.41. The minimum absolute atomic E-state index is 0.0273. The number of hydrogen-bond donors (Lipinski definition) is 1. The lowest BCUT2D eigenvalue weighted by Gasteiger charge is -2.18. The summed E-state index contributed by atoms with van der Waals surface area (Å²) in [7, 11) is 0. The van der Waals surface area contributed by atoms with Gasteiger partial charge in [-0.1, -0.05) is 23.7 Å². The predicted octanol–water partition coefficient (Wildman–Crippen LogP) is 3.87. The maximum Gasteiger partial charge on any atom is 0.272 e. The van der Waals surface area contributed by atoms with Crippen LogP contribution in [0.15, 0.2) is 42.6 Å². The van der Waals surface area contributed by atoms with Crippen LogP contribution < -0.4 is 5.32 Å². The average Bonchev–Trinajstić information content (AvgIpc) is 2.56. The SMILES string of the molecule is CCN(CC)C(=O)c1ccc(NCCc2cccc(Cl)c2)cn1. The second kappa shape index (κ2) is 8.53. The van der Waals surface area contributed by atoms with Crippen LogP contribution >= 0.6 is 11.6 Å². The zero-order valence-electron chi connectivity index (χ0n) is 13.6. The summed E-state index contributed by atoms with van der Waals surface area (Å²) in [4.78, 5) is 18.2. The molecule has 1 N–H and O–H groups in total. The predicted molar refractivity (Wildman–Crippen MR) is 95.1 cm³/mol. The van der Waals surface area contributed by atoms with E-state index in [-0.39, 0.29) is 5.91 Å². The van der Waals surface area contributed by atoms with E-state index in [4.69, 9.17) is 11.6 Å². The second-order valence-electron chi connectivity index (χ2n) is 5.22. The average molecular weight is 332 g/mol. The molecule has 2 rings (SSSR count). The van der Waals surface area contributed by atoms with Crippen molar-refractivity contribution in [2.24, 2.45) is 0 Å². The molecule has 0 bridgehead atoms. The van der Waals surface area contributed by atoms with Crippen LogP contribution in [-0.4, -0.2) is 35.4 Å². The van der Waals surface area contributed by atoms with Crippen molar-refractivity contribution in [2.75, 3.05) is 25.0 Å². The summed E-state index contributed by atoms with van der Waals surface area (Å²) in [5, 5.41) is 4.06. The fraction of sp³-hybridized carbons (Fsp3) is 0.333. The van der Waals surface area contributed by atoms with Crippen LogP contribution in [0, 0.1) is 0 Å². The lowest BCUT2D eigenvalue weighted by Crippen LogP contribution is -2.31. The highest BCUT2D eigenvalue weighted by molar-refractivity contribution is 6.30. The molecule has 0 aliphatic heterocycles. The molecular weight excluding hydrogens is 310 g/mol. The van der Waals surface area contributed by atoms with Crippen molar-refractivity contribution in [2.45, 2.75) is 20.3 Å². The van der Waals surface area contributed by atoms with Crippen LogP contribution in [0.5, 0.6) is 0 Å². The number of halogens is 1. The van der Waals surface area contributed by atoms with Gasteiger partial charge in [0.05, 0.1) is 11.9 Å². The standard InChI is InChI=1S/C18H22ClN3O/c1-3-22(4-2)18(23)17-9-8-16(13-21-17)20-11-10-14-6-5-7-15(19)12-14/h5-9,12-13,20H,3-4,10-11H2,1-2H3. The fourth-order valence-corrected chi connectivity index (χ4v) is 2.55. The zero-order valence-corrected chi connectivity index (χ0v) is 14.3. The largest absolute Gasteiger partial charge is 0.383 e. The number of nitrogens with zero attached hydrogens (tertiary/aromatic N) is 2. The topological polar surface area (TPSA) is 45.2 Å². The number of nitrogens with one attached hydrogen (secondary N) is 1. The summed E-state index contributed by atoms with van der Waals surface area (Å²) < 4.78 is 0. The number of rotatable bonds is 7. The van der Waals surface area contributed by atoms with Gasteiger partial charge in [-0.25, -0.2) is 4.98 Å². The molecule has 0 saturated heterocycles. The third-order valence-corrected chi connectivity index (χ3v) is 3.90. The van der Waals surface area contributed by atoms with Crippen molar-refractivity contribution in [1.29, 1.82) is 0 Å². The Labute approximate surface area is 142 Å². The van der Waals surface area contributed by atoms with Crippen LogP contribution in [0.1, 0.15) is 29.9 Å². The molecule has 0 saturated carbocycles. The van der Waals surface area contributed by atoms with Crippen molar-refractivity contribution in [3.8, 4) is 0 Å². The highest BCUT2D eigenvalue weighted by Crippen LogP contribution is 2.12. The summed E-state index contributed by atoms with van der Waals surface area (Å²) in [5.74, 6) is -0.0273. The molecule has 4 nitrogen and oxygen atoms in total. The van der Waals surface area contributed by atoms with Gasteiger partial charge >= 0.3 is 0 Å². The minimum Gasteiger partial charge on any atom is -0.383 e. The smallest absolute Gasteiger partial charge is 0.272 e. The summed E-state index contributed by atoms with van der Waals surface area (Å²) in [6, 6.07) is 11.5. The Balaban J connectivity index is 1.89. The molecule has 0 unspecified atom stereocenters. The van der Waals surface area contributed by atoms with E-state index >= 15 is 0 Å². The van der Waals surface area contributed by atoms with Crippen molar-refractivity contribution in [3.05, 3.63) is 58.9 Å². The zero-order chi connectivity index (χ0) is 16.7. The molecule has 5 heteroatoms. The summed E-state index contributed by atoms with van der Waals surface area (Å²) in [6.45, 7) is 6.10. The Morgan fingerprint density at radius 2 is 2.00 bits per heavy atom. The number of benzene rings is 1. The van der Waals surface area contributed by atoms with E-state index in [1.54, 1.807) is 17.2 Å². The maximum absolute atomic E-state index is 12.2. The van der Waals surface area contributed by atoms with Gasteiger partial charge in [0.1, 0.15) is 5.69 Å². The number of carbonyl (C=O) groups is 1. The number of pyridine rings is 1. The quantitative estimate of drug-likeness (QED) is 0.837. The van der Waals surface area contributed by atoms with Crippen LogP contribution in [0.25, 0.3) is 0 Å². The summed E-state index contributed by atoms with van der Waals surface area (Å²) >= 11 is 5.97. The first-order valence-electron chi connectivity index (χ1n) is 7.87. The van der Waals surface area contributed by atoms with Gasteiger partial charge in [-0.2, -0.15) is 0 Å². The molecule has 1 heterocycles. The normalized spacial score (nSPS) is 10.4. The van der Waals surface area contributed by atoms with Crippen molar-refractivity contribution < 1.29 is 4.79 Å². The number of carbonyl (C=O) groups excluding carboxylic acids is 1. The molecule has 1 aromatic heterocycles. The molecule has 0 aliphatic rings. The molecule has 23 heavy (non-hydrogen) atoms. The van der Waals surface area contributed by atoms with Gasteiger partial charge < -0.3 is 10.2 Å². The van der Waals surface area contributed by atoms with Crippen molar-refractivity contribution in [3.63, 3.8) is 0 Å². The van der Waals surface area contributed by atoms with Gasteiger partial charge in [-0.3, -0.25) is 4.79 Å². The van der Waals surface area contributed by atoms with E-state index < -0.39 is 0 Å². The van der Waals surface area contributed by atoms with Crippen LogP contribution in [0.2, 0.25) is 5.02 Å². The lowest BCUT2D eigenvalue weighted by atomic mass is 10.1. The molecule has 0 radical (unpaired) electrons. The number of aromatic nitrogens is 1. The van der Waals surface area contributed by atoms with Crippen molar-refractivity contribution in [1.82, 2.24) is 9.88 Å². The molecule has 122 valence electrons. The fourth-order valence-electron chi connectivity index (χ4n) is 2.34. The molecule has 2 aromatic rings. The van der Waals surface area contributed by atoms with Crippen molar-refractivity contribution >= 4 is 23.2 Å².